The molecule has 0 aromatic heterocycles. The van der Waals surface area contributed by atoms with E-state index >= 15 is 0 Å². The molecule has 0 spiro atoms. The smallest absolute Gasteiger partial charge is 0.0330 e. The van der Waals surface area contributed by atoms with Crippen molar-refractivity contribution in [2.75, 3.05) is 0 Å². The Kier molecular flexibility index (Phi) is 3.82. The highest BCUT2D eigenvalue weighted by molar-refractivity contribution is 5.82. The second-order valence-electron chi connectivity index (χ2n) is 3.84. The largest absolute Gasteiger partial charge is 0.119 e. The predicted molar refractivity (Wildman–Crippen MR) is 77.1 cm³/mol. The summed E-state index contributed by atoms with van der Waals surface area (Å²) in [6.07, 6.45) is 0. The molecule has 0 saturated carbocycles. The highest BCUT2D eigenvalue weighted by Gasteiger charge is 2.07. The van der Waals surface area contributed by atoms with Gasteiger partial charge in [-0.1, -0.05) is 61.0 Å². The van der Waals surface area contributed by atoms with E-state index in [1.807, 2.05) is 43.3 Å². The van der Waals surface area contributed by atoms with Gasteiger partial charge in [-0.25, -0.2) is 0 Å². The highest BCUT2D eigenvalue weighted by atomic mass is 14.1. The maximum atomic E-state index is 3.80. The molecule has 0 atom stereocenters. The SMILES string of the molecule is C=C=C(c1ccccc1)c1ccccc1C#CC. The summed E-state index contributed by atoms with van der Waals surface area (Å²) in [6.45, 7) is 5.65. The Balaban J connectivity index is 2.60. The van der Waals surface area contributed by atoms with Gasteiger partial charge in [-0.3, -0.25) is 0 Å². The fourth-order valence-corrected chi connectivity index (χ4v) is 1.90. The fourth-order valence-electron chi connectivity index (χ4n) is 1.90. The summed E-state index contributed by atoms with van der Waals surface area (Å²) < 4.78 is 0. The minimum Gasteiger partial charge on any atom is -0.119 e. The maximum absolute atomic E-state index is 3.80. The monoisotopic (exact) mass is 230 g/mol. The van der Waals surface area contributed by atoms with Gasteiger partial charge in [0.15, 0.2) is 0 Å². The van der Waals surface area contributed by atoms with E-state index < -0.39 is 0 Å². The van der Waals surface area contributed by atoms with Crippen molar-refractivity contribution < 1.29 is 0 Å². The Labute approximate surface area is 108 Å². The molecule has 0 heterocycles. The molecule has 86 valence electrons. The van der Waals surface area contributed by atoms with Crippen molar-refractivity contribution >= 4 is 5.57 Å². The number of hydrogen-bond acceptors (Lipinski definition) is 0. The van der Waals surface area contributed by atoms with Crippen LogP contribution in [0.3, 0.4) is 0 Å². The van der Waals surface area contributed by atoms with E-state index in [2.05, 4.69) is 42.4 Å². The number of hydrogen-bond donors (Lipinski definition) is 0. The third kappa shape index (κ3) is 2.43. The molecule has 0 aliphatic rings. The molecule has 0 amide bonds. The normalized spacial score (nSPS) is 8.94. The van der Waals surface area contributed by atoms with E-state index in [0.717, 1.165) is 22.3 Å². The molecular formula is C18H14. The van der Waals surface area contributed by atoms with E-state index in [1.54, 1.807) is 0 Å². The van der Waals surface area contributed by atoms with Crippen LogP contribution in [0, 0.1) is 11.8 Å². The Morgan fingerprint density at radius 2 is 1.61 bits per heavy atom. The van der Waals surface area contributed by atoms with Gasteiger partial charge in [-0.2, -0.15) is 0 Å². The van der Waals surface area contributed by atoms with E-state index in [1.165, 1.54) is 0 Å². The van der Waals surface area contributed by atoms with Gasteiger partial charge in [0.05, 0.1) is 0 Å². The van der Waals surface area contributed by atoms with Crippen molar-refractivity contribution in [1.82, 2.24) is 0 Å². The van der Waals surface area contributed by atoms with Crippen LogP contribution in [0.4, 0.5) is 0 Å². The summed E-state index contributed by atoms with van der Waals surface area (Å²) >= 11 is 0. The molecule has 2 aromatic rings. The topological polar surface area (TPSA) is 0 Å². The van der Waals surface area contributed by atoms with Gasteiger partial charge in [-0.15, -0.1) is 11.7 Å². The van der Waals surface area contributed by atoms with Crippen molar-refractivity contribution in [3.05, 3.63) is 83.6 Å². The molecule has 0 fully saturated rings. The standard InChI is InChI=1S/C18H14/c1-3-10-15-13-8-9-14-18(15)17(4-2)16-11-6-5-7-12-16/h5-9,11-14H,2H2,1H3. The van der Waals surface area contributed by atoms with Crippen LogP contribution in [0.2, 0.25) is 0 Å². The van der Waals surface area contributed by atoms with Crippen molar-refractivity contribution in [2.24, 2.45) is 0 Å². The van der Waals surface area contributed by atoms with Crippen molar-refractivity contribution in [1.29, 1.82) is 0 Å². The number of rotatable bonds is 2. The Bertz CT molecular complexity index is 645. The summed E-state index contributed by atoms with van der Waals surface area (Å²) in [4.78, 5) is 0. The second-order valence-corrected chi connectivity index (χ2v) is 3.84. The first kappa shape index (κ1) is 12.0. The van der Waals surface area contributed by atoms with Gasteiger partial charge in [-0.05, 0) is 18.6 Å². The Morgan fingerprint density at radius 3 is 2.28 bits per heavy atom. The van der Waals surface area contributed by atoms with Crippen LogP contribution in [0.15, 0.2) is 66.9 Å². The van der Waals surface area contributed by atoms with Gasteiger partial charge in [0.2, 0.25) is 0 Å². The molecule has 0 bridgehead atoms. The molecule has 0 radical (unpaired) electrons. The van der Waals surface area contributed by atoms with Gasteiger partial charge < -0.3 is 0 Å². The van der Waals surface area contributed by atoms with E-state index in [4.69, 9.17) is 0 Å². The fraction of sp³-hybridized carbons (Fsp3) is 0.0556. The zero-order valence-corrected chi connectivity index (χ0v) is 10.4. The average Bonchev–Trinajstić information content (AvgIpc) is 2.43. The Hall–Kier alpha value is -2.48. The summed E-state index contributed by atoms with van der Waals surface area (Å²) in [5.41, 5.74) is 7.22. The van der Waals surface area contributed by atoms with Crippen LogP contribution < -0.4 is 0 Å². The lowest BCUT2D eigenvalue weighted by molar-refractivity contribution is 1.52. The van der Waals surface area contributed by atoms with E-state index in [0.29, 0.717) is 0 Å². The molecule has 0 saturated heterocycles. The third-order valence-corrected chi connectivity index (χ3v) is 2.70. The van der Waals surface area contributed by atoms with Crippen LogP contribution in [0.5, 0.6) is 0 Å². The molecule has 18 heavy (non-hydrogen) atoms. The first-order valence-electron chi connectivity index (χ1n) is 5.84. The van der Waals surface area contributed by atoms with E-state index in [9.17, 15) is 0 Å². The first-order chi connectivity index (χ1) is 8.86. The second kappa shape index (κ2) is 5.73. The molecule has 2 aromatic carbocycles. The summed E-state index contributed by atoms with van der Waals surface area (Å²) in [5.74, 6) is 6.07. The summed E-state index contributed by atoms with van der Waals surface area (Å²) in [7, 11) is 0. The van der Waals surface area contributed by atoms with Crippen LogP contribution in [-0.2, 0) is 0 Å². The quantitative estimate of drug-likeness (QED) is 0.533. The summed E-state index contributed by atoms with van der Waals surface area (Å²) in [6, 6.07) is 18.2. The lowest BCUT2D eigenvalue weighted by Crippen LogP contribution is -1.90. The zero-order valence-electron chi connectivity index (χ0n) is 10.4. The van der Waals surface area contributed by atoms with Crippen molar-refractivity contribution in [3.8, 4) is 11.8 Å². The summed E-state index contributed by atoms with van der Waals surface area (Å²) in [5, 5.41) is 0. The van der Waals surface area contributed by atoms with Crippen LogP contribution in [-0.4, -0.2) is 0 Å². The predicted octanol–water partition coefficient (Wildman–Crippen LogP) is 4.27. The minimum atomic E-state index is 0.994. The lowest BCUT2D eigenvalue weighted by atomic mass is 9.95. The molecule has 0 unspecified atom stereocenters. The highest BCUT2D eigenvalue weighted by Crippen LogP contribution is 2.24. The zero-order chi connectivity index (χ0) is 12.8. The van der Waals surface area contributed by atoms with Gasteiger partial charge in [0.25, 0.3) is 0 Å². The third-order valence-electron chi connectivity index (χ3n) is 2.70. The molecule has 0 aliphatic heterocycles. The number of benzene rings is 2. The molecule has 0 nitrogen and oxygen atoms in total. The first-order valence-corrected chi connectivity index (χ1v) is 5.84. The molecule has 2 rings (SSSR count). The molecule has 0 N–H and O–H groups in total. The van der Waals surface area contributed by atoms with Gasteiger partial charge in [0, 0.05) is 16.7 Å². The molecule has 0 aliphatic carbocycles. The van der Waals surface area contributed by atoms with Crippen molar-refractivity contribution in [3.63, 3.8) is 0 Å². The van der Waals surface area contributed by atoms with Crippen LogP contribution >= 0.6 is 0 Å². The molecule has 0 heteroatoms. The molecular weight excluding hydrogens is 216 g/mol. The van der Waals surface area contributed by atoms with Gasteiger partial charge >= 0.3 is 0 Å². The van der Waals surface area contributed by atoms with E-state index in [-0.39, 0.29) is 0 Å². The maximum Gasteiger partial charge on any atom is 0.0330 e. The van der Waals surface area contributed by atoms with Gasteiger partial charge in [0.1, 0.15) is 0 Å². The lowest BCUT2D eigenvalue weighted by Gasteiger charge is -2.07. The Morgan fingerprint density at radius 1 is 0.944 bits per heavy atom. The van der Waals surface area contributed by atoms with Crippen molar-refractivity contribution in [2.45, 2.75) is 6.92 Å². The van der Waals surface area contributed by atoms with Crippen LogP contribution in [0.25, 0.3) is 5.57 Å². The average molecular weight is 230 g/mol. The minimum absolute atomic E-state index is 0.994. The van der Waals surface area contributed by atoms with Crippen LogP contribution in [0.1, 0.15) is 23.6 Å².